The van der Waals surface area contributed by atoms with Crippen LogP contribution in [-0.2, 0) is 5.41 Å². The molecule has 0 fully saturated rings. The molecule has 0 bridgehead atoms. The van der Waals surface area contributed by atoms with Crippen molar-refractivity contribution >= 4 is 17.3 Å². The summed E-state index contributed by atoms with van der Waals surface area (Å²) in [6.07, 6.45) is 0. The first kappa shape index (κ1) is 40.1. The number of anilines is 3. The van der Waals surface area contributed by atoms with Gasteiger partial charge in [-0.1, -0.05) is 206 Å². The molecule has 0 amide bonds. The third-order valence-corrected chi connectivity index (χ3v) is 13.6. The molecular weight excluding hydrogens is 841 g/mol. The number of ether oxygens (including phenoxy) is 1. The molecule has 2 aliphatic rings. The van der Waals surface area contributed by atoms with E-state index in [1.165, 1.54) is 0 Å². The lowest BCUT2D eigenvalue weighted by atomic mass is 9.60. The quantitative estimate of drug-likeness (QED) is 0.160. The van der Waals surface area contributed by atoms with Crippen molar-refractivity contribution in [3.05, 3.63) is 277 Å². The van der Waals surface area contributed by atoms with Crippen molar-refractivity contribution in [2.45, 2.75) is 5.41 Å². The maximum atomic E-state index is 6.84. The van der Waals surface area contributed by atoms with Crippen LogP contribution in [-0.4, -0.2) is 15.0 Å². The van der Waals surface area contributed by atoms with Crippen LogP contribution in [0.25, 0.3) is 67.3 Å². The van der Waals surface area contributed by atoms with E-state index in [1.807, 2.05) is 12.1 Å². The molecule has 5 heteroatoms. The Morgan fingerprint density at radius 3 is 1.04 bits per heavy atom. The van der Waals surface area contributed by atoms with Crippen LogP contribution in [0.2, 0.25) is 0 Å². The van der Waals surface area contributed by atoms with Gasteiger partial charge in [0.05, 0.1) is 16.8 Å². The van der Waals surface area contributed by atoms with E-state index in [-0.39, 0.29) is 0 Å². The molecule has 2 aliphatic heterocycles. The van der Waals surface area contributed by atoms with Gasteiger partial charge < -0.3 is 4.74 Å². The Balaban J connectivity index is 1.12. The third-order valence-electron chi connectivity index (χ3n) is 13.6. The minimum Gasteiger partial charge on any atom is -0.457 e. The highest BCUT2D eigenvalue weighted by molar-refractivity contribution is 5.93. The highest BCUT2D eigenvalue weighted by Crippen LogP contribution is 2.63. The SMILES string of the molecule is c1ccc(-c2cccc(-c3nc(-c4cccc(-c5ccccc5)c4)nc(N4c5ccc(-c6ccccc6)cc5C5(c6ccccc6Oc6ccccc65)c5cc(-c6ccccc6)ccc54)n3)c2)cc1. The summed E-state index contributed by atoms with van der Waals surface area (Å²) in [5.74, 6) is 3.29. The molecule has 1 aromatic heterocycles. The standard InChI is InChI=1S/C64H42N4O/c1-5-19-43(20-6-1)47-27-17-29-51(39-47)61-65-62(52-30-18-28-48(40-52)44-21-7-2-8-22-44)67-63(66-61)68-57-37-35-49(45-23-9-3-10-24-45)41-55(57)64(56-42-50(36-38-58(56)68)46-25-11-4-12-26-46)53-31-13-15-33-59(53)69-60-34-16-14-32-54(60)64/h1-42H. The fraction of sp³-hybridized carbons (Fsp3) is 0.0156. The summed E-state index contributed by atoms with van der Waals surface area (Å²) in [5, 5.41) is 0. The maximum Gasteiger partial charge on any atom is 0.238 e. The normalized spacial score (nSPS) is 12.8. The van der Waals surface area contributed by atoms with Crippen molar-refractivity contribution in [3.63, 3.8) is 0 Å². The van der Waals surface area contributed by atoms with Crippen molar-refractivity contribution in [3.8, 4) is 78.8 Å². The number of benzene rings is 10. The van der Waals surface area contributed by atoms with E-state index in [9.17, 15) is 0 Å². The summed E-state index contributed by atoms with van der Waals surface area (Å²) >= 11 is 0. The van der Waals surface area contributed by atoms with E-state index in [1.54, 1.807) is 0 Å². The molecule has 3 heterocycles. The summed E-state index contributed by atoms with van der Waals surface area (Å²) in [4.78, 5) is 18.7. The Hall–Kier alpha value is -9.19. The number of hydrogen-bond acceptors (Lipinski definition) is 5. The van der Waals surface area contributed by atoms with Gasteiger partial charge in [0.2, 0.25) is 5.95 Å². The molecule has 0 saturated heterocycles. The Morgan fingerprint density at radius 2 is 0.623 bits per heavy atom. The van der Waals surface area contributed by atoms with Gasteiger partial charge in [0.25, 0.3) is 0 Å². The molecule has 13 rings (SSSR count). The van der Waals surface area contributed by atoms with Gasteiger partial charge in [-0.3, -0.25) is 4.90 Å². The van der Waals surface area contributed by atoms with E-state index in [2.05, 4.69) is 248 Å². The fourth-order valence-corrected chi connectivity index (χ4v) is 10.4. The molecule has 0 saturated carbocycles. The second-order valence-corrected chi connectivity index (χ2v) is 17.6. The van der Waals surface area contributed by atoms with Crippen LogP contribution < -0.4 is 9.64 Å². The van der Waals surface area contributed by atoms with Crippen LogP contribution in [0.5, 0.6) is 11.5 Å². The first-order valence-corrected chi connectivity index (χ1v) is 23.3. The van der Waals surface area contributed by atoms with Gasteiger partial charge in [0, 0.05) is 22.3 Å². The van der Waals surface area contributed by atoms with E-state index >= 15 is 0 Å². The first-order chi connectivity index (χ1) is 34.2. The van der Waals surface area contributed by atoms with Gasteiger partial charge in [-0.15, -0.1) is 0 Å². The van der Waals surface area contributed by atoms with Crippen LogP contribution in [0.4, 0.5) is 17.3 Å². The average molecular weight is 883 g/mol. The van der Waals surface area contributed by atoms with Gasteiger partial charge >= 0.3 is 0 Å². The molecule has 1 spiro atoms. The highest BCUT2D eigenvalue weighted by atomic mass is 16.5. The third kappa shape index (κ3) is 6.82. The number of para-hydroxylation sites is 2. The maximum absolute atomic E-state index is 6.84. The Kier molecular flexibility index (Phi) is 9.65. The molecule has 0 N–H and O–H groups in total. The average Bonchev–Trinajstić information content (AvgIpc) is 3.43. The van der Waals surface area contributed by atoms with E-state index in [0.717, 1.165) is 101 Å². The summed E-state index contributed by atoms with van der Waals surface area (Å²) in [5.41, 5.74) is 16.0. The number of nitrogens with zero attached hydrogens (tertiary/aromatic N) is 4. The zero-order valence-corrected chi connectivity index (χ0v) is 37.4. The predicted octanol–water partition coefficient (Wildman–Crippen LogP) is 16.1. The first-order valence-electron chi connectivity index (χ1n) is 23.3. The molecule has 0 atom stereocenters. The van der Waals surface area contributed by atoms with E-state index < -0.39 is 5.41 Å². The molecule has 11 aromatic rings. The highest BCUT2D eigenvalue weighted by Gasteiger charge is 2.52. The zero-order chi connectivity index (χ0) is 45.7. The molecule has 324 valence electrons. The Labute approximate surface area is 401 Å². The van der Waals surface area contributed by atoms with E-state index in [4.69, 9.17) is 19.7 Å². The van der Waals surface area contributed by atoms with Crippen LogP contribution in [0.1, 0.15) is 22.3 Å². The largest absolute Gasteiger partial charge is 0.457 e. The lowest BCUT2D eigenvalue weighted by molar-refractivity contribution is 0.434. The summed E-state index contributed by atoms with van der Waals surface area (Å²) in [6, 6.07) is 89.9. The van der Waals surface area contributed by atoms with Crippen LogP contribution in [0.15, 0.2) is 255 Å². The van der Waals surface area contributed by atoms with Gasteiger partial charge in [-0.25, -0.2) is 4.98 Å². The molecule has 0 unspecified atom stereocenters. The van der Waals surface area contributed by atoms with Gasteiger partial charge in [0.1, 0.15) is 11.5 Å². The number of fused-ring (bicyclic) bond motifs is 8. The van der Waals surface area contributed by atoms with Gasteiger partial charge in [-0.2, -0.15) is 9.97 Å². The number of rotatable bonds is 7. The topological polar surface area (TPSA) is 51.1 Å². The van der Waals surface area contributed by atoms with Crippen LogP contribution in [0.3, 0.4) is 0 Å². The summed E-state index contributed by atoms with van der Waals surface area (Å²) in [6.45, 7) is 0. The second kappa shape index (κ2) is 16.6. The van der Waals surface area contributed by atoms with Crippen LogP contribution >= 0.6 is 0 Å². The molecule has 69 heavy (non-hydrogen) atoms. The molecule has 0 radical (unpaired) electrons. The number of hydrogen-bond donors (Lipinski definition) is 0. The molecule has 10 aromatic carbocycles. The lowest BCUT2D eigenvalue weighted by Gasteiger charge is -2.48. The molecular formula is C64H42N4O. The lowest BCUT2D eigenvalue weighted by Crippen LogP contribution is -2.40. The minimum atomic E-state index is -0.824. The van der Waals surface area contributed by atoms with Crippen molar-refractivity contribution in [2.75, 3.05) is 4.90 Å². The Bertz CT molecular complexity index is 3470. The smallest absolute Gasteiger partial charge is 0.238 e. The minimum absolute atomic E-state index is 0.510. The van der Waals surface area contributed by atoms with Gasteiger partial charge in [0.15, 0.2) is 11.6 Å². The molecule has 0 aliphatic carbocycles. The Morgan fingerprint density at radius 1 is 0.275 bits per heavy atom. The second-order valence-electron chi connectivity index (χ2n) is 17.6. The monoisotopic (exact) mass is 882 g/mol. The summed E-state index contributed by atoms with van der Waals surface area (Å²) < 4.78 is 6.84. The predicted molar refractivity (Wildman–Crippen MR) is 279 cm³/mol. The van der Waals surface area contributed by atoms with Crippen molar-refractivity contribution in [1.29, 1.82) is 0 Å². The summed E-state index contributed by atoms with van der Waals surface area (Å²) in [7, 11) is 0. The van der Waals surface area contributed by atoms with E-state index in [0.29, 0.717) is 17.6 Å². The van der Waals surface area contributed by atoms with Gasteiger partial charge in [-0.05, 0) is 104 Å². The van der Waals surface area contributed by atoms with Crippen molar-refractivity contribution < 1.29 is 4.74 Å². The molecule has 5 nitrogen and oxygen atoms in total. The zero-order valence-electron chi connectivity index (χ0n) is 37.4. The van der Waals surface area contributed by atoms with Crippen LogP contribution in [0, 0.1) is 0 Å². The fourth-order valence-electron chi connectivity index (χ4n) is 10.4. The van der Waals surface area contributed by atoms with Crippen molar-refractivity contribution in [2.24, 2.45) is 0 Å². The number of aromatic nitrogens is 3. The van der Waals surface area contributed by atoms with Crippen molar-refractivity contribution in [1.82, 2.24) is 15.0 Å².